The number of fused-ring (bicyclic) bond motifs is 1. The van der Waals surface area contributed by atoms with Crippen molar-refractivity contribution in [3.05, 3.63) is 29.2 Å². The Bertz CT molecular complexity index is 729. The zero-order chi connectivity index (χ0) is 15.1. The van der Waals surface area contributed by atoms with Gasteiger partial charge in [0.25, 0.3) is 5.91 Å². The molecule has 1 aliphatic carbocycles. The zero-order valence-electron chi connectivity index (χ0n) is 12.4. The fraction of sp³-hybridized carbons (Fsp3) is 0.467. The van der Waals surface area contributed by atoms with Crippen LogP contribution in [0.1, 0.15) is 54.4 Å². The van der Waals surface area contributed by atoms with Crippen LogP contribution in [0.2, 0.25) is 0 Å². The van der Waals surface area contributed by atoms with Crippen LogP contribution >= 0.6 is 0 Å². The molecule has 2 amide bonds. The summed E-state index contributed by atoms with van der Waals surface area (Å²) in [5.74, 6) is -0.396. The van der Waals surface area contributed by atoms with E-state index in [4.69, 9.17) is 0 Å². The average Bonchev–Trinajstić information content (AvgIpc) is 3.18. The number of hydrogen-bond donors (Lipinski definition) is 1. The first-order valence-corrected chi connectivity index (χ1v) is 7.18. The van der Waals surface area contributed by atoms with Crippen LogP contribution < -0.4 is 5.32 Å². The van der Waals surface area contributed by atoms with Gasteiger partial charge in [0.1, 0.15) is 0 Å². The third-order valence-electron chi connectivity index (χ3n) is 3.68. The lowest BCUT2D eigenvalue weighted by atomic mass is 10.1. The summed E-state index contributed by atoms with van der Waals surface area (Å²) >= 11 is 0. The molecular weight excluding hydrogens is 268 g/mol. The Morgan fingerprint density at radius 1 is 1.38 bits per heavy atom. The van der Waals surface area contributed by atoms with E-state index in [1.54, 1.807) is 0 Å². The topological polar surface area (TPSA) is 76.4 Å². The molecule has 2 heterocycles. The number of aromatic nitrogens is 3. The second-order valence-electron chi connectivity index (χ2n) is 5.88. The van der Waals surface area contributed by atoms with E-state index in [1.165, 1.54) is 10.7 Å². The molecule has 0 atom stereocenters. The Hall–Kier alpha value is -2.24. The van der Waals surface area contributed by atoms with Crippen molar-refractivity contribution in [2.24, 2.45) is 5.92 Å². The molecule has 3 rings (SSSR count). The van der Waals surface area contributed by atoms with E-state index in [1.807, 2.05) is 26.8 Å². The molecule has 2 aromatic heterocycles. The third-order valence-corrected chi connectivity index (χ3v) is 3.68. The molecule has 0 unspecified atom stereocenters. The van der Waals surface area contributed by atoms with Gasteiger partial charge in [0.05, 0.1) is 11.9 Å². The van der Waals surface area contributed by atoms with Crippen molar-refractivity contribution in [1.82, 2.24) is 19.9 Å². The van der Waals surface area contributed by atoms with Crippen molar-refractivity contribution in [1.29, 1.82) is 0 Å². The van der Waals surface area contributed by atoms with Gasteiger partial charge in [-0.15, -0.1) is 0 Å². The molecule has 1 saturated carbocycles. The first-order valence-electron chi connectivity index (χ1n) is 7.18. The quantitative estimate of drug-likeness (QED) is 0.873. The maximum atomic E-state index is 12.2. The molecule has 0 radical (unpaired) electrons. The van der Waals surface area contributed by atoms with Crippen molar-refractivity contribution in [3.63, 3.8) is 0 Å². The predicted octanol–water partition coefficient (Wildman–Crippen LogP) is 1.83. The fourth-order valence-corrected chi connectivity index (χ4v) is 2.21. The minimum absolute atomic E-state index is 0.00550. The number of rotatable bonds is 3. The van der Waals surface area contributed by atoms with Gasteiger partial charge < -0.3 is 0 Å². The lowest BCUT2D eigenvalue weighted by molar-refractivity contribution is -0.121. The molecule has 6 nitrogen and oxygen atoms in total. The Labute approximate surface area is 122 Å². The van der Waals surface area contributed by atoms with Crippen LogP contribution in [0.5, 0.6) is 0 Å². The summed E-state index contributed by atoms with van der Waals surface area (Å²) in [6, 6.07) is 1.98. The largest absolute Gasteiger partial charge is 0.291 e. The van der Waals surface area contributed by atoms with Crippen molar-refractivity contribution < 1.29 is 9.59 Å². The molecule has 0 aliphatic heterocycles. The Balaban J connectivity index is 1.98. The Kier molecular flexibility index (Phi) is 3.23. The second kappa shape index (κ2) is 4.95. The Morgan fingerprint density at radius 2 is 2.10 bits per heavy atom. The van der Waals surface area contributed by atoms with E-state index in [0.29, 0.717) is 11.3 Å². The first kappa shape index (κ1) is 13.7. The summed E-state index contributed by atoms with van der Waals surface area (Å²) < 4.78 is 1.53. The smallest absolute Gasteiger partial charge is 0.278 e. The van der Waals surface area contributed by atoms with Gasteiger partial charge in [0, 0.05) is 5.92 Å². The first-order chi connectivity index (χ1) is 9.97. The molecule has 6 heteroatoms. The number of hydrogen-bond acceptors (Lipinski definition) is 4. The number of carbonyl (C=O) groups excluding carboxylic acids is 2. The van der Waals surface area contributed by atoms with Crippen LogP contribution in [0.25, 0.3) is 5.65 Å². The molecule has 2 aromatic rings. The lowest BCUT2D eigenvalue weighted by Gasteiger charge is -2.08. The lowest BCUT2D eigenvalue weighted by Crippen LogP contribution is -2.32. The van der Waals surface area contributed by atoms with E-state index < -0.39 is 5.91 Å². The highest BCUT2D eigenvalue weighted by molar-refractivity contribution is 6.05. The summed E-state index contributed by atoms with van der Waals surface area (Å²) in [6.07, 6.45) is 3.19. The molecular formula is C15H18N4O2. The van der Waals surface area contributed by atoms with Crippen molar-refractivity contribution in [2.75, 3.05) is 0 Å². The van der Waals surface area contributed by atoms with Gasteiger partial charge >= 0.3 is 0 Å². The SMILES string of the molecule is Cc1cc(C(C)C)nn2c(C(=O)NC(=O)C3CC3)cnc12. The summed E-state index contributed by atoms with van der Waals surface area (Å²) in [6.45, 7) is 6.02. The number of aryl methyl sites for hydroxylation is 1. The van der Waals surface area contributed by atoms with Crippen LogP contribution in [0, 0.1) is 12.8 Å². The van der Waals surface area contributed by atoms with E-state index in [0.717, 1.165) is 24.1 Å². The summed E-state index contributed by atoms with van der Waals surface area (Å²) in [7, 11) is 0. The maximum absolute atomic E-state index is 12.2. The molecule has 21 heavy (non-hydrogen) atoms. The van der Waals surface area contributed by atoms with E-state index in [9.17, 15) is 9.59 Å². The van der Waals surface area contributed by atoms with Gasteiger partial charge in [-0.2, -0.15) is 5.10 Å². The summed E-state index contributed by atoms with van der Waals surface area (Å²) in [4.78, 5) is 28.2. The van der Waals surface area contributed by atoms with Gasteiger partial charge in [-0.3, -0.25) is 14.9 Å². The minimum atomic E-state index is -0.438. The highest BCUT2D eigenvalue weighted by atomic mass is 16.2. The van der Waals surface area contributed by atoms with E-state index in [-0.39, 0.29) is 17.7 Å². The third kappa shape index (κ3) is 2.53. The van der Waals surface area contributed by atoms with Crippen molar-refractivity contribution in [2.45, 2.75) is 39.5 Å². The van der Waals surface area contributed by atoms with Gasteiger partial charge in [0.15, 0.2) is 11.3 Å². The molecule has 110 valence electrons. The van der Waals surface area contributed by atoms with Crippen LogP contribution in [-0.4, -0.2) is 26.4 Å². The maximum Gasteiger partial charge on any atom is 0.278 e. The van der Waals surface area contributed by atoms with Gasteiger partial charge in [-0.25, -0.2) is 9.50 Å². The highest BCUT2D eigenvalue weighted by Gasteiger charge is 2.31. The number of nitrogens with one attached hydrogen (secondary N) is 1. The number of imidazole rings is 1. The molecule has 1 fully saturated rings. The molecule has 0 saturated heterocycles. The van der Waals surface area contributed by atoms with E-state index in [2.05, 4.69) is 15.4 Å². The van der Waals surface area contributed by atoms with Gasteiger partial charge in [-0.05, 0) is 37.3 Å². The standard InChI is InChI=1S/C15H18N4O2/c1-8(2)11-6-9(3)13-16-7-12(19(13)18-11)15(21)17-14(20)10-4-5-10/h6-8,10H,4-5H2,1-3H3,(H,17,20,21). The van der Waals surface area contributed by atoms with Crippen LogP contribution in [-0.2, 0) is 4.79 Å². The molecule has 1 N–H and O–H groups in total. The van der Waals surface area contributed by atoms with Crippen molar-refractivity contribution >= 4 is 17.5 Å². The van der Waals surface area contributed by atoms with Gasteiger partial charge in [0.2, 0.25) is 5.91 Å². The van der Waals surface area contributed by atoms with Crippen LogP contribution in [0.4, 0.5) is 0 Å². The highest BCUT2D eigenvalue weighted by Crippen LogP contribution is 2.28. The van der Waals surface area contributed by atoms with Crippen molar-refractivity contribution in [3.8, 4) is 0 Å². The molecule has 0 aromatic carbocycles. The molecule has 0 spiro atoms. The molecule has 0 bridgehead atoms. The normalized spacial score (nSPS) is 14.7. The average molecular weight is 286 g/mol. The second-order valence-corrected chi connectivity index (χ2v) is 5.88. The number of amides is 2. The number of nitrogens with zero attached hydrogens (tertiary/aromatic N) is 3. The van der Waals surface area contributed by atoms with Gasteiger partial charge in [-0.1, -0.05) is 13.8 Å². The molecule has 1 aliphatic rings. The summed E-state index contributed by atoms with van der Waals surface area (Å²) in [5.41, 5.74) is 2.79. The minimum Gasteiger partial charge on any atom is -0.291 e. The predicted molar refractivity (Wildman–Crippen MR) is 77.0 cm³/mol. The zero-order valence-corrected chi connectivity index (χ0v) is 12.4. The summed E-state index contributed by atoms with van der Waals surface area (Å²) in [5, 5.41) is 6.89. The fourth-order valence-electron chi connectivity index (χ4n) is 2.21. The Morgan fingerprint density at radius 3 is 2.71 bits per heavy atom. The monoisotopic (exact) mass is 286 g/mol. The number of imide groups is 1. The van der Waals surface area contributed by atoms with Crippen LogP contribution in [0.15, 0.2) is 12.3 Å². The van der Waals surface area contributed by atoms with Crippen LogP contribution in [0.3, 0.4) is 0 Å². The van der Waals surface area contributed by atoms with E-state index >= 15 is 0 Å². The number of carbonyl (C=O) groups is 2.